The van der Waals surface area contributed by atoms with Crippen molar-refractivity contribution < 1.29 is 9.53 Å². The average molecular weight is 403 g/mol. The molecule has 0 unspecified atom stereocenters. The van der Waals surface area contributed by atoms with Crippen LogP contribution < -0.4 is 10.9 Å². The van der Waals surface area contributed by atoms with Crippen molar-refractivity contribution in [3.8, 4) is 11.3 Å². The van der Waals surface area contributed by atoms with Gasteiger partial charge in [0.2, 0.25) is 5.91 Å². The number of carbonyl (C=O) groups excluding carboxylic acids is 1. The van der Waals surface area contributed by atoms with Gasteiger partial charge in [0.15, 0.2) is 0 Å². The zero-order chi connectivity index (χ0) is 20.8. The first-order valence-corrected chi connectivity index (χ1v) is 10.2. The molecule has 0 spiro atoms. The highest BCUT2D eigenvalue weighted by atomic mass is 16.5. The van der Waals surface area contributed by atoms with Gasteiger partial charge >= 0.3 is 0 Å². The first-order valence-electron chi connectivity index (χ1n) is 10.2. The Labute approximate surface area is 175 Å². The molecule has 0 atom stereocenters. The minimum absolute atomic E-state index is 0.0149. The van der Waals surface area contributed by atoms with Crippen molar-refractivity contribution in [3.63, 3.8) is 0 Å². The van der Waals surface area contributed by atoms with Crippen LogP contribution in [-0.2, 0) is 21.5 Å². The number of rotatable bonds is 6. The zero-order valence-electron chi connectivity index (χ0n) is 16.8. The van der Waals surface area contributed by atoms with Crippen LogP contribution in [0.15, 0.2) is 77.9 Å². The van der Waals surface area contributed by atoms with Crippen LogP contribution in [0, 0.1) is 0 Å². The molecule has 1 aliphatic rings. The molecular formula is C24H25N3O3. The van der Waals surface area contributed by atoms with Gasteiger partial charge in [0.05, 0.1) is 17.4 Å². The lowest BCUT2D eigenvalue weighted by Crippen LogP contribution is -2.48. The van der Waals surface area contributed by atoms with Crippen LogP contribution in [0.2, 0.25) is 0 Å². The highest BCUT2D eigenvalue weighted by molar-refractivity contribution is 5.88. The fourth-order valence-electron chi connectivity index (χ4n) is 3.94. The second-order valence-electron chi connectivity index (χ2n) is 7.49. The van der Waals surface area contributed by atoms with Crippen LogP contribution in [0.25, 0.3) is 11.3 Å². The van der Waals surface area contributed by atoms with Gasteiger partial charge in [0, 0.05) is 37.9 Å². The van der Waals surface area contributed by atoms with E-state index in [1.165, 1.54) is 17.0 Å². The van der Waals surface area contributed by atoms with Crippen molar-refractivity contribution in [2.24, 2.45) is 0 Å². The zero-order valence-corrected chi connectivity index (χ0v) is 16.8. The Kier molecular flexibility index (Phi) is 6.05. The molecule has 1 aromatic heterocycles. The molecule has 1 fully saturated rings. The summed E-state index contributed by atoms with van der Waals surface area (Å²) in [7, 11) is 0. The van der Waals surface area contributed by atoms with E-state index in [4.69, 9.17) is 4.74 Å². The van der Waals surface area contributed by atoms with Gasteiger partial charge in [0.1, 0.15) is 0 Å². The molecule has 4 rings (SSSR count). The van der Waals surface area contributed by atoms with Gasteiger partial charge in [-0.25, -0.2) is 4.98 Å². The standard InChI is InChI=1S/C24H25N3O3/c28-22-17-21(19-7-3-1-4-8-19)26-18-27(22)14-13-25-23(29)24(11-15-30-16-12-24)20-9-5-2-6-10-20/h1-10,17-18H,11-16H2,(H,25,29). The summed E-state index contributed by atoms with van der Waals surface area (Å²) in [6.45, 7) is 1.85. The predicted octanol–water partition coefficient (Wildman–Crippen LogP) is 2.77. The van der Waals surface area contributed by atoms with E-state index in [0.29, 0.717) is 44.8 Å². The molecule has 1 saturated heterocycles. The summed E-state index contributed by atoms with van der Waals surface area (Å²) in [5, 5.41) is 3.03. The van der Waals surface area contributed by atoms with Gasteiger partial charge in [-0.05, 0) is 18.4 Å². The number of nitrogens with one attached hydrogen (secondary N) is 1. The first kappa shape index (κ1) is 20.0. The number of hydrogen-bond acceptors (Lipinski definition) is 4. The normalized spacial score (nSPS) is 15.5. The number of amides is 1. The number of hydrogen-bond donors (Lipinski definition) is 1. The molecule has 1 amide bonds. The van der Waals surface area contributed by atoms with Gasteiger partial charge in [0.25, 0.3) is 5.56 Å². The summed E-state index contributed by atoms with van der Waals surface area (Å²) >= 11 is 0. The Morgan fingerprint density at radius 1 is 1.03 bits per heavy atom. The van der Waals surface area contributed by atoms with Gasteiger partial charge in [-0.2, -0.15) is 0 Å². The van der Waals surface area contributed by atoms with Crippen LogP contribution in [0.4, 0.5) is 0 Å². The molecule has 2 heterocycles. The van der Waals surface area contributed by atoms with Crippen molar-refractivity contribution in [1.82, 2.24) is 14.9 Å². The smallest absolute Gasteiger partial charge is 0.253 e. The molecule has 3 aromatic rings. The first-order chi connectivity index (χ1) is 14.7. The maximum absolute atomic E-state index is 13.2. The Morgan fingerprint density at radius 3 is 2.37 bits per heavy atom. The molecule has 0 bridgehead atoms. The van der Waals surface area contributed by atoms with Crippen LogP contribution in [0.3, 0.4) is 0 Å². The lowest BCUT2D eigenvalue weighted by molar-refractivity contribution is -0.130. The minimum Gasteiger partial charge on any atom is -0.381 e. The lowest BCUT2D eigenvalue weighted by atomic mass is 9.73. The van der Waals surface area contributed by atoms with Crippen molar-refractivity contribution in [1.29, 1.82) is 0 Å². The molecular weight excluding hydrogens is 378 g/mol. The third-order valence-electron chi connectivity index (χ3n) is 5.69. The maximum Gasteiger partial charge on any atom is 0.253 e. The number of carbonyl (C=O) groups is 1. The highest BCUT2D eigenvalue weighted by Gasteiger charge is 2.41. The second-order valence-corrected chi connectivity index (χ2v) is 7.49. The number of nitrogens with zero attached hydrogens (tertiary/aromatic N) is 2. The molecule has 2 aromatic carbocycles. The summed E-state index contributed by atoms with van der Waals surface area (Å²) in [6.07, 6.45) is 2.84. The topological polar surface area (TPSA) is 73.2 Å². The molecule has 30 heavy (non-hydrogen) atoms. The predicted molar refractivity (Wildman–Crippen MR) is 115 cm³/mol. The van der Waals surface area contributed by atoms with Crippen LogP contribution >= 0.6 is 0 Å². The maximum atomic E-state index is 13.2. The molecule has 1 N–H and O–H groups in total. The van der Waals surface area contributed by atoms with Crippen LogP contribution in [0.1, 0.15) is 18.4 Å². The van der Waals surface area contributed by atoms with Crippen molar-refractivity contribution in [2.45, 2.75) is 24.8 Å². The quantitative estimate of drug-likeness (QED) is 0.687. The van der Waals surface area contributed by atoms with E-state index in [1.54, 1.807) is 0 Å². The van der Waals surface area contributed by atoms with Gasteiger partial charge in [-0.15, -0.1) is 0 Å². The Bertz CT molecular complexity index is 1040. The fourth-order valence-corrected chi connectivity index (χ4v) is 3.94. The fraction of sp³-hybridized carbons (Fsp3) is 0.292. The number of aromatic nitrogens is 2. The van der Waals surface area contributed by atoms with Crippen molar-refractivity contribution in [3.05, 3.63) is 89.0 Å². The molecule has 0 radical (unpaired) electrons. The number of ether oxygens (including phenoxy) is 1. The lowest BCUT2D eigenvalue weighted by Gasteiger charge is -2.36. The second kappa shape index (κ2) is 9.05. The molecule has 154 valence electrons. The van der Waals surface area contributed by atoms with E-state index in [2.05, 4.69) is 10.3 Å². The SMILES string of the molecule is O=C(NCCn1cnc(-c2ccccc2)cc1=O)C1(c2ccccc2)CCOCC1. The Morgan fingerprint density at radius 2 is 1.70 bits per heavy atom. The van der Waals surface area contributed by atoms with E-state index in [1.807, 2.05) is 60.7 Å². The van der Waals surface area contributed by atoms with Gasteiger partial charge < -0.3 is 10.1 Å². The summed E-state index contributed by atoms with van der Waals surface area (Å²) in [6, 6.07) is 21.0. The highest BCUT2D eigenvalue weighted by Crippen LogP contribution is 2.35. The molecule has 6 heteroatoms. The van der Waals surface area contributed by atoms with E-state index < -0.39 is 5.41 Å². The van der Waals surface area contributed by atoms with E-state index >= 15 is 0 Å². The molecule has 1 aliphatic heterocycles. The van der Waals surface area contributed by atoms with Gasteiger partial charge in [-0.3, -0.25) is 14.2 Å². The average Bonchev–Trinajstić information content (AvgIpc) is 2.81. The monoisotopic (exact) mass is 403 g/mol. The molecule has 6 nitrogen and oxygen atoms in total. The van der Waals surface area contributed by atoms with E-state index in [-0.39, 0.29) is 11.5 Å². The third kappa shape index (κ3) is 4.19. The van der Waals surface area contributed by atoms with Crippen LogP contribution in [0.5, 0.6) is 0 Å². The van der Waals surface area contributed by atoms with Crippen LogP contribution in [-0.4, -0.2) is 35.2 Å². The Balaban J connectivity index is 1.43. The summed E-state index contributed by atoms with van der Waals surface area (Å²) in [5.74, 6) is -0.0149. The molecule has 0 aliphatic carbocycles. The van der Waals surface area contributed by atoms with Crippen molar-refractivity contribution >= 4 is 5.91 Å². The Hall–Kier alpha value is -3.25. The number of benzene rings is 2. The van der Waals surface area contributed by atoms with E-state index in [9.17, 15) is 9.59 Å². The van der Waals surface area contributed by atoms with Crippen molar-refractivity contribution in [2.75, 3.05) is 19.8 Å². The molecule has 0 saturated carbocycles. The minimum atomic E-state index is -0.583. The third-order valence-corrected chi connectivity index (χ3v) is 5.69. The van der Waals surface area contributed by atoms with Gasteiger partial charge in [-0.1, -0.05) is 60.7 Å². The van der Waals surface area contributed by atoms with E-state index in [0.717, 1.165) is 11.1 Å². The summed E-state index contributed by atoms with van der Waals surface area (Å²) in [5.41, 5.74) is 1.84. The summed E-state index contributed by atoms with van der Waals surface area (Å²) < 4.78 is 7.02. The summed E-state index contributed by atoms with van der Waals surface area (Å²) in [4.78, 5) is 30.0. The largest absolute Gasteiger partial charge is 0.381 e.